The number of likely N-dealkylation sites (N-methyl/N-ethyl adjacent to an activating group) is 1. The number of fused-ring (bicyclic) bond motifs is 3. The smallest absolute Gasteiger partial charge is 0.257 e. The van der Waals surface area contributed by atoms with E-state index in [4.69, 9.17) is 0 Å². The van der Waals surface area contributed by atoms with Gasteiger partial charge in [0.15, 0.2) is 0 Å². The van der Waals surface area contributed by atoms with Gasteiger partial charge in [-0.2, -0.15) is 0 Å². The Balaban J connectivity index is 1.74. The molecule has 26 heavy (non-hydrogen) atoms. The fourth-order valence-corrected chi connectivity index (χ4v) is 5.69. The van der Waals surface area contributed by atoms with Crippen LogP contribution in [0.25, 0.3) is 6.08 Å². The third-order valence-corrected chi connectivity index (χ3v) is 6.90. The number of piperidine rings is 1. The van der Waals surface area contributed by atoms with Crippen LogP contribution in [0.5, 0.6) is 0 Å². The van der Waals surface area contributed by atoms with Crippen LogP contribution in [-0.2, 0) is 10.0 Å². The van der Waals surface area contributed by atoms with Gasteiger partial charge in [-0.3, -0.25) is 4.31 Å². The summed E-state index contributed by atoms with van der Waals surface area (Å²) in [6, 6.07) is 15.7. The predicted octanol–water partition coefficient (Wildman–Crippen LogP) is 3.60. The maximum Gasteiger partial charge on any atom is 0.257 e. The van der Waals surface area contributed by atoms with E-state index in [0.29, 0.717) is 0 Å². The number of rotatable bonds is 3. The Morgan fingerprint density at radius 3 is 2.65 bits per heavy atom. The highest BCUT2D eigenvalue weighted by Gasteiger charge is 2.45. The fourth-order valence-electron chi connectivity index (χ4n) is 4.16. The van der Waals surface area contributed by atoms with Crippen molar-refractivity contribution in [3.05, 3.63) is 70.6 Å². The van der Waals surface area contributed by atoms with Crippen molar-refractivity contribution in [1.82, 2.24) is 4.90 Å². The molecule has 2 aliphatic heterocycles. The van der Waals surface area contributed by atoms with Crippen molar-refractivity contribution >= 4 is 21.8 Å². The van der Waals surface area contributed by atoms with Crippen molar-refractivity contribution in [2.45, 2.75) is 25.3 Å². The van der Waals surface area contributed by atoms with Crippen LogP contribution in [-0.4, -0.2) is 39.5 Å². The summed E-state index contributed by atoms with van der Waals surface area (Å²) in [6.45, 7) is 3.88. The van der Waals surface area contributed by atoms with E-state index in [1.165, 1.54) is 16.5 Å². The highest BCUT2D eigenvalue weighted by atomic mass is 32.2. The van der Waals surface area contributed by atoms with Crippen LogP contribution in [0.3, 0.4) is 0 Å². The van der Waals surface area contributed by atoms with Crippen LogP contribution in [0.1, 0.15) is 29.0 Å². The molecule has 2 aliphatic rings. The minimum atomic E-state index is -3.54. The Bertz CT molecular complexity index is 938. The summed E-state index contributed by atoms with van der Waals surface area (Å²) in [5.74, 6) is 0.239. The minimum Gasteiger partial charge on any atom is -0.306 e. The molecular formula is C21H24N2O2S. The zero-order chi connectivity index (χ0) is 18.3. The van der Waals surface area contributed by atoms with E-state index in [9.17, 15) is 8.42 Å². The summed E-state index contributed by atoms with van der Waals surface area (Å²) in [6.07, 6.45) is 2.54. The second-order valence-electron chi connectivity index (χ2n) is 7.34. The van der Waals surface area contributed by atoms with Crippen LogP contribution in [0, 0.1) is 6.92 Å². The van der Waals surface area contributed by atoms with Gasteiger partial charge in [0.25, 0.3) is 10.0 Å². The van der Waals surface area contributed by atoms with Gasteiger partial charge in [0.05, 0.1) is 17.1 Å². The number of likely N-dealkylation sites (tertiary alicyclic amines) is 1. The Hall–Kier alpha value is -2.11. The molecule has 0 unspecified atom stereocenters. The first-order valence-corrected chi connectivity index (χ1v) is 10.5. The summed E-state index contributed by atoms with van der Waals surface area (Å²) < 4.78 is 28.1. The van der Waals surface area contributed by atoms with E-state index in [1.807, 2.05) is 42.5 Å². The number of anilines is 1. The van der Waals surface area contributed by atoms with E-state index >= 15 is 0 Å². The van der Waals surface area contributed by atoms with Crippen LogP contribution in [0.4, 0.5) is 5.69 Å². The fraction of sp³-hybridized carbons (Fsp3) is 0.333. The van der Waals surface area contributed by atoms with Crippen LogP contribution in [0.15, 0.2) is 53.9 Å². The normalized spacial score (nSPS) is 23.2. The van der Waals surface area contributed by atoms with Gasteiger partial charge in [0.1, 0.15) is 0 Å². The number of hydrogen-bond acceptors (Lipinski definition) is 3. The lowest BCUT2D eigenvalue weighted by Gasteiger charge is -2.36. The SMILES string of the molecule is Cc1ccc2c(c1)[C@H]1CN(C)CC[C@@H]1N2S(=O)(=O)/C=C/c1ccccc1. The Morgan fingerprint density at radius 1 is 1.12 bits per heavy atom. The zero-order valence-corrected chi connectivity index (χ0v) is 16.0. The first kappa shape index (κ1) is 17.3. The first-order chi connectivity index (χ1) is 12.5. The van der Waals surface area contributed by atoms with Gasteiger partial charge in [0.2, 0.25) is 0 Å². The third-order valence-electron chi connectivity index (χ3n) is 5.41. The predicted molar refractivity (Wildman–Crippen MR) is 107 cm³/mol. The molecular weight excluding hydrogens is 344 g/mol. The Labute approximate surface area is 155 Å². The van der Waals surface area contributed by atoms with Crippen molar-refractivity contribution < 1.29 is 8.42 Å². The molecule has 0 spiro atoms. The molecule has 0 aliphatic carbocycles. The molecule has 4 rings (SSSR count). The second kappa shape index (κ2) is 6.56. The van der Waals surface area contributed by atoms with Crippen molar-refractivity contribution in [2.75, 3.05) is 24.4 Å². The topological polar surface area (TPSA) is 40.6 Å². The molecule has 2 heterocycles. The summed E-state index contributed by atoms with van der Waals surface area (Å²) >= 11 is 0. The molecule has 2 aromatic rings. The lowest BCUT2D eigenvalue weighted by molar-refractivity contribution is 0.237. The Morgan fingerprint density at radius 2 is 1.88 bits per heavy atom. The number of sulfonamides is 1. The van der Waals surface area contributed by atoms with Crippen molar-refractivity contribution in [2.24, 2.45) is 0 Å². The lowest BCUT2D eigenvalue weighted by Crippen LogP contribution is -2.46. The molecule has 0 aromatic heterocycles. The lowest BCUT2D eigenvalue weighted by atomic mass is 9.89. The van der Waals surface area contributed by atoms with Gasteiger partial charge >= 0.3 is 0 Å². The number of benzene rings is 2. The molecule has 1 saturated heterocycles. The van der Waals surface area contributed by atoms with Gasteiger partial charge in [-0.25, -0.2) is 8.42 Å². The number of aryl methyl sites for hydroxylation is 1. The van der Waals surface area contributed by atoms with Gasteiger partial charge in [-0.1, -0.05) is 48.0 Å². The van der Waals surface area contributed by atoms with Crippen molar-refractivity contribution in [1.29, 1.82) is 0 Å². The summed E-state index contributed by atoms with van der Waals surface area (Å²) in [5, 5.41) is 1.35. The average molecular weight is 369 g/mol. The molecule has 0 bridgehead atoms. The third kappa shape index (κ3) is 3.06. The minimum absolute atomic E-state index is 0.00780. The Kier molecular flexibility index (Phi) is 4.37. The second-order valence-corrected chi connectivity index (χ2v) is 9.04. The highest BCUT2D eigenvalue weighted by Crippen LogP contribution is 2.46. The largest absolute Gasteiger partial charge is 0.306 e. The van der Waals surface area contributed by atoms with Crippen LogP contribution in [0.2, 0.25) is 0 Å². The van der Waals surface area contributed by atoms with E-state index < -0.39 is 10.0 Å². The van der Waals surface area contributed by atoms with Crippen molar-refractivity contribution in [3.63, 3.8) is 0 Å². The molecule has 136 valence electrons. The quantitative estimate of drug-likeness (QED) is 0.831. The average Bonchev–Trinajstić information content (AvgIpc) is 2.95. The molecule has 2 aromatic carbocycles. The molecule has 0 amide bonds. The van der Waals surface area contributed by atoms with Gasteiger partial charge in [-0.15, -0.1) is 0 Å². The molecule has 1 fully saturated rings. The van der Waals surface area contributed by atoms with Gasteiger partial charge < -0.3 is 4.90 Å². The molecule has 2 atom stereocenters. The monoisotopic (exact) mass is 368 g/mol. The van der Waals surface area contributed by atoms with Crippen LogP contribution < -0.4 is 4.31 Å². The van der Waals surface area contributed by atoms with Gasteiger partial charge in [0, 0.05) is 12.5 Å². The first-order valence-electron chi connectivity index (χ1n) is 9.02. The van der Waals surface area contributed by atoms with E-state index in [2.05, 4.69) is 24.9 Å². The standard InChI is InChI=1S/C21H24N2O2S/c1-16-8-9-20-18(14-16)19-15-22(2)12-10-21(19)23(20)26(24,25)13-11-17-6-4-3-5-7-17/h3-9,11,13-14,19,21H,10,12,15H2,1-2H3/b13-11+/t19-,21+/m1/s1. The molecule has 0 radical (unpaired) electrons. The van der Waals surface area contributed by atoms with E-state index in [1.54, 1.807) is 10.4 Å². The summed E-state index contributed by atoms with van der Waals surface area (Å²) in [5.41, 5.74) is 4.07. The number of nitrogens with zero attached hydrogens (tertiary/aromatic N) is 2. The molecule has 0 saturated carbocycles. The zero-order valence-electron chi connectivity index (χ0n) is 15.2. The van der Waals surface area contributed by atoms with E-state index in [0.717, 1.165) is 30.8 Å². The maximum absolute atomic E-state index is 13.2. The van der Waals surface area contributed by atoms with E-state index in [-0.39, 0.29) is 12.0 Å². The number of hydrogen-bond donors (Lipinski definition) is 0. The summed E-state index contributed by atoms with van der Waals surface area (Å²) in [7, 11) is -1.43. The maximum atomic E-state index is 13.2. The van der Waals surface area contributed by atoms with Gasteiger partial charge in [-0.05, 0) is 50.2 Å². The molecule has 4 nitrogen and oxygen atoms in total. The molecule has 0 N–H and O–H groups in total. The van der Waals surface area contributed by atoms with Crippen molar-refractivity contribution in [3.8, 4) is 0 Å². The summed E-state index contributed by atoms with van der Waals surface area (Å²) in [4.78, 5) is 2.29. The van der Waals surface area contributed by atoms with Crippen LogP contribution >= 0.6 is 0 Å². The molecule has 5 heteroatoms. The highest BCUT2D eigenvalue weighted by molar-refractivity contribution is 7.95.